The van der Waals surface area contributed by atoms with Crippen molar-refractivity contribution < 1.29 is 14.3 Å². The number of aliphatic hydroxyl groups is 1. The fourth-order valence-corrected chi connectivity index (χ4v) is 4.26. The van der Waals surface area contributed by atoms with E-state index < -0.39 is 6.10 Å². The first-order valence-corrected chi connectivity index (χ1v) is 9.35. The van der Waals surface area contributed by atoms with Crippen LogP contribution in [0.5, 0.6) is 0 Å². The number of carbonyl (C=O) groups excluding carboxylic acids is 1. The second-order valence-corrected chi connectivity index (χ2v) is 7.39. The van der Waals surface area contributed by atoms with E-state index in [1.165, 1.54) is 12.1 Å². The largest absolute Gasteiger partial charge is 0.387 e. The number of β-amino-alcohol motifs (C(OH)–C–C–N with tert-alkyl or cyclic N) is 1. The van der Waals surface area contributed by atoms with Crippen LogP contribution < -0.4 is 0 Å². The van der Waals surface area contributed by atoms with Gasteiger partial charge < -0.3 is 10.0 Å². The molecule has 2 atom stereocenters. The van der Waals surface area contributed by atoms with Crippen LogP contribution in [0.3, 0.4) is 0 Å². The zero-order valence-corrected chi connectivity index (χ0v) is 14.0. The van der Waals surface area contributed by atoms with Crippen molar-refractivity contribution in [2.75, 3.05) is 37.7 Å². The van der Waals surface area contributed by atoms with Gasteiger partial charge in [0.05, 0.1) is 12.1 Å². The zero-order chi connectivity index (χ0) is 16.2. The normalized spacial score (nSPS) is 23.9. The van der Waals surface area contributed by atoms with Gasteiger partial charge in [-0.1, -0.05) is 12.1 Å². The molecule has 1 aromatic rings. The van der Waals surface area contributed by atoms with Gasteiger partial charge in [-0.2, -0.15) is 11.8 Å². The van der Waals surface area contributed by atoms with Crippen molar-refractivity contribution in [3.05, 3.63) is 35.6 Å². The standard InChI is InChI=1S/C17H23FN2O2S/c18-14-4-1-3-13(11-14)16(21)12-20-6-2-5-15(20)17(22)19-7-9-23-10-8-19/h1,3-4,11,15-16,21H,2,5-10,12H2/t15-,16+/m0/s1. The lowest BCUT2D eigenvalue weighted by molar-refractivity contribution is -0.136. The van der Waals surface area contributed by atoms with Crippen molar-refractivity contribution >= 4 is 17.7 Å². The van der Waals surface area contributed by atoms with Gasteiger partial charge in [0.25, 0.3) is 0 Å². The summed E-state index contributed by atoms with van der Waals surface area (Å²) < 4.78 is 13.3. The second-order valence-electron chi connectivity index (χ2n) is 6.16. The Morgan fingerprint density at radius 1 is 1.35 bits per heavy atom. The Morgan fingerprint density at radius 3 is 2.87 bits per heavy atom. The molecule has 0 unspecified atom stereocenters. The smallest absolute Gasteiger partial charge is 0.239 e. The molecule has 3 rings (SSSR count). The maximum atomic E-state index is 13.3. The van der Waals surface area contributed by atoms with Crippen LogP contribution in [0, 0.1) is 5.82 Å². The lowest BCUT2D eigenvalue weighted by Gasteiger charge is -2.33. The van der Waals surface area contributed by atoms with Crippen molar-refractivity contribution in [3.63, 3.8) is 0 Å². The van der Waals surface area contributed by atoms with Crippen molar-refractivity contribution in [3.8, 4) is 0 Å². The van der Waals surface area contributed by atoms with Gasteiger partial charge in [0, 0.05) is 31.1 Å². The van der Waals surface area contributed by atoms with Gasteiger partial charge in [-0.15, -0.1) is 0 Å². The third-order valence-electron chi connectivity index (χ3n) is 4.61. The SMILES string of the molecule is O=C([C@@H]1CCCN1C[C@@H](O)c1cccc(F)c1)N1CCSCC1. The Hall–Kier alpha value is -1.11. The van der Waals surface area contributed by atoms with Crippen LogP contribution in [0.25, 0.3) is 0 Å². The maximum absolute atomic E-state index is 13.3. The molecular formula is C17H23FN2O2S. The monoisotopic (exact) mass is 338 g/mol. The average molecular weight is 338 g/mol. The van der Waals surface area contributed by atoms with Crippen LogP contribution in [0.4, 0.5) is 4.39 Å². The summed E-state index contributed by atoms with van der Waals surface area (Å²) in [6.07, 6.45) is 1.05. The van der Waals surface area contributed by atoms with E-state index in [9.17, 15) is 14.3 Å². The summed E-state index contributed by atoms with van der Waals surface area (Å²) in [5, 5.41) is 10.4. The molecular weight excluding hydrogens is 315 g/mol. The first kappa shape index (κ1) is 16.7. The van der Waals surface area contributed by atoms with Crippen LogP contribution in [0.2, 0.25) is 0 Å². The van der Waals surface area contributed by atoms with E-state index in [2.05, 4.69) is 4.90 Å². The zero-order valence-electron chi connectivity index (χ0n) is 13.2. The molecule has 23 heavy (non-hydrogen) atoms. The molecule has 0 bridgehead atoms. The molecule has 1 amide bonds. The number of likely N-dealkylation sites (tertiary alicyclic amines) is 1. The number of thioether (sulfide) groups is 1. The Labute approximate surface area is 140 Å². The molecule has 0 saturated carbocycles. The molecule has 1 aromatic carbocycles. The van der Waals surface area contributed by atoms with Crippen molar-refractivity contribution in [1.82, 2.24) is 9.80 Å². The molecule has 126 valence electrons. The molecule has 2 heterocycles. The highest BCUT2D eigenvalue weighted by Crippen LogP contribution is 2.24. The summed E-state index contributed by atoms with van der Waals surface area (Å²) in [6.45, 7) is 2.83. The number of hydrogen-bond donors (Lipinski definition) is 1. The van der Waals surface area contributed by atoms with Crippen LogP contribution >= 0.6 is 11.8 Å². The highest BCUT2D eigenvalue weighted by atomic mass is 32.2. The number of halogens is 1. The van der Waals surface area contributed by atoms with E-state index >= 15 is 0 Å². The molecule has 2 aliphatic heterocycles. The summed E-state index contributed by atoms with van der Waals surface area (Å²) in [7, 11) is 0. The van der Waals surface area contributed by atoms with E-state index in [0.29, 0.717) is 12.1 Å². The molecule has 0 aromatic heterocycles. The number of nitrogens with zero attached hydrogens (tertiary/aromatic N) is 2. The quantitative estimate of drug-likeness (QED) is 0.911. The highest BCUT2D eigenvalue weighted by Gasteiger charge is 2.35. The van der Waals surface area contributed by atoms with Gasteiger partial charge in [0.15, 0.2) is 0 Å². The molecule has 6 heteroatoms. The lowest BCUT2D eigenvalue weighted by atomic mass is 10.1. The molecule has 0 aliphatic carbocycles. The number of aliphatic hydroxyl groups excluding tert-OH is 1. The first-order chi connectivity index (χ1) is 11.1. The third-order valence-corrected chi connectivity index (χ3v) is 5.55. The van der Waals surface area contributed by atoms with Crippen LogP contribution in [0.15, 0.2) is 24.3 Å². The molecule has 2 fully saturated rings. The fourth-order valence-electron chi connectivity index (χ4n) is 3.36. The summed E-state index contributed by atoms with van der Waals surface area (Å²) in [5.41, 5.74) is 0.567. The Bertz CT molecular complexity index is 551. The number of hydrogen-bond acceptors (Lipinski definition) is 4. The minimum absolute atomic E-state index is 0.138. The van der Waals surface area contributed by atoms with Gasteiger partial charge in [-0.05, 0) is 37.1 Å². The van der Waals surface area contributed by atoms with Crippen LogP contribution in [0.1, 0.15) is 24.5 Å². The topological polar surface area (TPSA) is 43.8 Å². The van der Waals surface area contributed by atoms with Crippen molar-refractivity contribution in [1.29, 1.82) is 0 Å². The first-order valence-electron chi connectivity index (χ1n) is 8.19. The predicted molar refractivity (Wildman–Crippen MR) is 89.9 cm³/mol. The van der Waals surface area contributed by atoms with Crippen molar-refractivity contribution in [2.45, 2.75) is 25.0 Å². The minimum atomic E-state index is -0.768. The lowest BCUT2D eigenvalue weighted by Crippen LogP contribution is -2.49. The maximum Gasteiger partial charge on any atom is 0.239 e. The number of carbonyl (C=O) groups is 1. The van der Waals surface area contributed by atoms with Gasteiger partial charge in [0.1, 0.15) is 5.82 Å². The summed E-state index contributed by atoms with van der Waals surface area (Å²) in [4.78, 5) is 16.7. The number of amides is 1. The summed E-state index contributed by atoms with van der Waals surface area (Å²) in [6, 6.07) is 5.92. The molecule has 4 nitrogen and oxygen atoms in total. The van der Waals surface area contributed by atoms with E-state index in [-0.39, 0.29) is 17.8 Å². The van der Waals surface area contributed by atoms with E-state index in [1.807, 2.05) is 16.7 Å². The summed E-state index contributed by atoms with van der Waals surface area (Å²) in [5.74, 6) is 1.85. The highest BCUT2D eigenvalue weighted by molar-refractivity contribution is 7.99. The van der Waals surface area contributed by atoms with Crippen LogP contribution in [-0.2, 0) is 4.79 Å². The molecule has 1 N–H and O–H groups in total. The van der Waals surface area contributed by atoms with E-state index in [0.717, 1.165) is 44.0 Å². The van der Waals surface area contributed by atoms with Crippen LogP contribution in [-0.4, -0.2) is 64.5 Å². The number of benzene rings is 1. The molecule has 2 aliphatic rings. The van der Waals surface area contributed by atoms with E-state index in [1.54, 1.807) is 12.1 Å². The Kier molecular flexibility index (Phi) is 5.56. The molecule has 0 spiro atoms. The van der Waals surface area contributed by atoms with Gasteiger partial charge in [0.2, 0.25) is 5.91 Å². The molecule has 2 saturated heterocycles. The van der Waals surface area contributed by atoms with Crippen molar-refractivity contribution in [2.24, 2.45) is 0 Å². The summed E-state index contributed by atoms with van der Waals surface area (Å²) >= 11 is 1.89. The fraction of sp³-hybridized carbons (Fsp3) is 0.588. The molecule has 0 radical (unpaired) electrons. The predicted octanol–water partition coefficient (Wildman–Crippen LogP) is 1.90. The minimum Gasteiger partial charge on any atom is -0.387 e. The Morgan fingerprint density at radius 2 is 2.13 bits per heavy atom. The number of rotatable bonds is 4. The Balaban J connectivity index is 1.63. The second kappa shape index (κ2) is 7.64. The van der Waals surface area contributed by atoms with Gasteiger partial charge >= 0.3 is 0 Å². The average Bonchev–Trinajstić information content (AvgIpc) is 3.03. The van der Waals surface area contributed by atoms with Gasteiger partial charge in [-0.3, -0.25) is 9.69 Å². The van der Waals surface area contributed by atoms with E-state index in [4.69, 9.17) is 0 Å². The van der Waals surface area contributed by atoms with Gasteiger partial charge in [-0.25, -0.2) is 4.39 Å². The third kappa shape index (κ3) is 4.05.